The maximum atomic E-state index is 11.8. The standard InChI is InChI=1S/C13H17N3O3S/c1-7(2)10-11(17)15-13(19)16(12(10)18)5-4-9-6-20-8(3)14-9/h6-7,18H,4-5H2,1-3H3,(H,15,17,19). The highest BCUT2D eigenvalue weighted by Gasteiger charge is 2.16. The van der Waals surface area contributed by atoms with Crippen molar-refractivity contribution in [2.24, 2.45) is 0 Å². The van der Waals surface area contributed by atoms with Gasteiger partial charge in [-0.2, -0.15) is 0 Å². The number of H-pyrrole nitrogens is 1. The van der Waals surface area contributed by atoms with E-state index < -0.39 is 11.2 Å². The van der Waals surface area contributed by atoms with Gasteiger partial charge in [-0.05, 0) is 12.8 Å². The Hall–Kier alpha value is -1.89. The minimum Gasteiger partial charge on any atom is -0.494 e. The van der Waals surface area contributed by atoms with Crippen LogP contribution in [0.25, 0.3) is 0 Å². The average molecular weight is 295 g/mol. The molecule has 0 saturated carbocycles. The zero-order valence-corrected chi connectivity index (χ0v) is 12.5. The molecule has 0 unspecified atom stereocenters. The van der Waals surface area contributed by atoms with Crippen molar-refractivity contribution in [3.8, 4) is 5.88 Å². The summed E-state index contributed by atoms with van der Waals surface area (Å²) in [5.41, 5.74) is -0.0118. The molecule has 0 bridgehead atoms. The molecule has 108 valence electrons. The molecule has 20 heavy (non-hydrogen) atoms. The van der Waals surface area contributed by atoms with E-state index in [-0.39, 0.29) is 23.9 Å². The van der Waals surface area contributed by atoms with Gasteiger partial charge in [-0.1, -0.05) is 13.8 Å². The molecule has 0 fully saturated rings. The van der Waals surface area contributed by atoms with Gasteiger partial charge < -0.3 is 5.11 Å². The second-order valence-electron chi connectivity index (χ2n) is 4.91. The van der Waals surface area contributed by atoms with Gasteiger partial charge in [-0.25, -0.2) is 9.78 Å². The third-order valence-electron chi connectivity index (χ3n) is 3.04. The predicted octanol–water partition coefficient (Wildman–Crippen LogP) is 1.37. The van der Waals surface area contributed by atoms with E-state index in [2.05, 4.69) is 9.97 Å². The van der Waals surface area contributed by atoms with Crippen LogP contribution in [-0.2, 0) is 13.0 Å². The minimum absolute atomic E-state index is 0.160. The lowest BCUT2D eigenvalue weighted by Crippen LogP contribution is -2.33. The van der Waals surface area contributed by atoms with Crippen molar-refractivity contribution in [1.82, 2.24) is 14.5 Å². The van der Waals surface area contributed by atoms with E-state index in [0.717, 1.165) is 10.7 Å². The lowest BCUT2D eigenvalue weighted by molar-refractivity contribution is 0.389. The molecule has 2 N–H and O–H groups in total. The first-order valence-corrected chi connectivity index (χ1v) is 7.25. The lowest BCUT2D eigenvalue weighted by atomic mass is 10.1. The molecular formula is C13H17N3O3S. The number of nitrogens with zero attached hydrogens (tertiary/aromatic N) is 2. The normalized spacial score (nSPS) is 11.2. The molecule has 2 aromatic rings. The molecule has 0 radical (unpaired) electrons. The van der Waals surface area contributed by atoms with E-state index in [9.17, 15) is 14.7 Å². The quantitative estimate of drug-likeness (QED) is 0.891. The molecule has 2 aromatic heterocycles. The number of aromatic nitrogens is 3. The molecule has 0 aliphatic rings. The molecule has 6 nitrogen and oxygen atoms in total. The first kappa shape index (κ1) is 14.5. The fourth-order valence-electron chi connectivity index (χ4n) is 2.05. The lowest BCUT2D eigenvalue weighted by Gasteiger charge is -2.12. The maximum Gasteiger partial charge on any atom is 0.331 e. The minimum atomic E-state index is -0.594. The van der Waals surface area contributed by atoms with Crippen LogP contribution in [0.4, 0.5) is 0 Å². The summed E-state index contributed by atoms with van der Waals surface area (Å²) >= 11 is 1.54. The van der Waals surface area contributed by atoms with E-state index >= 15 is 0 Å². The van der Waals surface area contributed by atoms with Crippen molar-refractivity contribution >= 4 is 11.3 Å². The molecule has 2 rings (SSSR count). The van der Waals surface area contributed by atoms with E-state index in [0.29, 0.717) is 6.42 Å². The zero-order chi connectivity index (χ0) is 14.9. The number of thiazole rings is 1. The topological polar surface area (TPSA) is 88.0 Å². The molecule has 0 aliphatic heterocycles. The van der Waals surface area contributed by atoms with E-state index in [1.807, 2.05) is 12.3 Å². The van der Waals surface area contributed by atoms with Gasteiger partial charge in [0.15, 0.2) is 0 Å². The van der Waals surface area contributed by atoms with Crippen LogP contribution in [0, 0.1) is 6.92 Å². The molecule has 0 saturated heterocycles. The number of hydrogen-bond donors (Lipinski definition) is 2. The van der Waals surface area contributed by atoms with E-state index in [1.165, 1.54) is 15.9 Å². The highest BCUT2D eigenvalue weighted by atomic mass is 32.1. The highest BCUT2D eigenvalue weighted by molar-refractivity contribution is 7.09. The first-order valence-electron chi connectivity index (χ1n) is 6.37. The maximum absolute atomic E-state index is 11.8. The summed E-state index contributed by atoms with van der Waals surface area (Å²) in [5, 5.41) is 13.0. The van der Waals surface area contributed by atoms with Crippen molar-refractivity contribution in [2.75, 3.05) is 0 Å². The fourth-order valence-corrected chi connectivity index (χ4v) is 2.70. The first-order chi connectivity index (χ1) is 9.40. The van der Waals surface area contributed by atoms with Crippen molar-refractivity contribution in [1.29, 1.82) is 0 Å². The van der Waals surface area contributed by atoms with Gasteiger partial charge in [-0.15, -0.1) is 11.3 Å². The van der Waals surface area contributed by atoms with Crippen LogP contribution in [0.3, 0.4) is 0 Å². The molecule has 0 amide bonds. The summed E-state index contributed by atoms with van der Waals surface area (Å²) in [5.74, 6) is -0.409. The third-order valence-corrected chi connectivity index (χ3v) is 3.86. The Morgan fingerprint density at radius 1 is 1.45 bits per heavy atom. The molecule has 7 heteroatoms. The summed E-state index contributed by atoms with van der Waals surface area (Å²) < 4.78 is 1.19. The highest BCUT2D eigenvalue weighted by Crippen LogP contribution is 2.19. The van der Waals surface area contributed by atoms with E-state index in [4.69, 9.17) is 0 Å². The van der Waals surface area contributed by atoms with Crippen molar-refractivity contribution in [2.45, 2.75) is 39.7 Å². The van der Waals surface area contributed by atoms with Gasteiger partial charge in [0.05, 0.1) is 16.3 Å². The molecule has 2 heterocycles. The van der Waals surface area contributed by atoms with E-state index in [1.54, 1.807) is 13.8 Å². The number of hydrogen-bond acceptors (Lipinski definition) is 5. The van der Waals surface area contributed by atoms with Gasteiger partial charge in [0.1, 0.15) is 0 Å². The second-order valence-corrected chi connectivity index (χ2v) is 5.97. The number of aromatic amines is 1. The van der Waals surface area contributed by atoms with Crippen LogP contribution in [0.2, 0.25) is 0 Å². The smallest absolute Gasteiger partial charge is 0.331 e. The average Bonchev–Trinajstić information content (AvgIpc) is 2.73. The molecule has 0 aromatic carbocycles. The van der Waals surface area contributed by atoms with Gasteiger partial charge in [0.2, 0.25) is 5.88 Å². The van der Waals surface area contributed by atoms with Crippen LogP contribution >= 0.6 is 11.3 Å². The Labute approximate surface area is 119 Å². The fraction of sp³-hybridized carbons (Fsp3) is 0.462. The molecule has 0 atom stereocenters. The Morgan fingerprint density at radius 2 is 2.15 bits per heavy atom. The van der Waals surface area contributed by atoms with Crippen LogP contribution < -0.4 is 11.2 Å². The molecule has 0 aliphatic carbocycles. The molecule has 0 spiro atoms. The predicted molar refractivity (Wildman–Crippen MR) is 77.6 cm³/mol. The third kappa shape index (κ3) is 2.82. The van der Waals surface area contributed by atoms with Crippen LogP contribution in [0.5, 0.6) is 5.88 Å². The Kier molecular flexibility index (Phi) is 4.08. The van der Waals surface area contributed by atoms with Gasteiger partial charge >= 0.3 is 5.69 Å². The number of nitrogens with one attached hydrogen (secondary N) is 1. The number of aromatic hydroxyl groups is 1. The largest absolute Gasteiger partial charge is 0.494 e. The zero-order valence-electron chi connectivity index (χ0n) is 11.6. The summed E-state index contributed by atoms with van der Waals surface area (Å²) in [6.45, 7) is 5.78. The molecular weight excluding hydrogens is 278 g/mol. The van der Waals surface area contributed by atoms with Crippen molar-refractivity contribution in [3.05, 3.63) is 42.5 Å². The Balaban J connectivity index is 2.34. The number of aryl methyl sites for hydroxylation is 2. The summed E-state index contributed by atoms with van der Waals surface area (Å²) in [6, 6.07) is 0. The second kappa shape index (κ2) is 5.62. The summed E-state index contributed by atoms with van der Waals surface area (Å²) in [4.78, 5) is 30.0. The van der Waals surface area contributed by atoms with Crippen LogP contribution in [0.1, 0.15) is 36.0 Å². The SMILES string of the molecule is Cc1nc(CCn2c(O)c(C(C)C)c(=O)[nH]c2=O)cs1. The van der Waals surface area contributed by atoms with Gasteiger partial charge in [-0.3, -0.25) is 14.3 Å². The van der Waals surface area contributed by atoms with Crippen LogP contribution in [-0.4, -0.2) is 19.6 Å². The van der Waals surface area contributed by atoms with Crippen molar-refractivity contribution < 1.29 is 5.11 Å². The summed E-state index contributed by atoms with van der Waals surface area (Å²) in [7, 11) is 0. The summed E-state index contributed by atoms with van der Waals surface area (Å²) in [6.07, 6.45) is 0.529. The van der Waals surface area contributed by atoms with Crippen LogP contribution in [0.15, 0.2) is 15.0 Å². The monoisotopic (exact) mass is 295 g/mol. The number of rotatable bonds is 4. The van der Waals surface area contributed by atoms with Gasteiger partial charge in [0.25, 0.3) is 5.56 Å². The van der Waals surface area contributed by atoms with Gasteiger partial charge in [0, 0.05) is 18.3 Å². The Bertz CT molecular complexity index is 727. The Morgan fingerprint density at radius 3 is 2.70 bits per heavy atom. The van der Waals surface area contributed by atoms with Crippen molar-refractivity contribution in [3.63, 3.8) is 0 Å².